The summed E-state index contributed by atoms with van der Waals surface area (Å²) in [6.07, 6.45) is 5.79. The molecule has 2 aliphatic heterocycles. The summed E-state index contributed by atoms with van der Waals surface area (Å²) in [6, 6.07) is 20.5. The lowest BCUT2D eigenvalue weighted by Crippen LogP contribution is -2.40. The van der Waals surface area contributed by atoms with Gasteiger partial charge in [0.2, 0.25) is 17.7 Å². The van der Waals surface area contributed by atoms with E-state index in [0.29, 0.717) is 77.1 Å². The Morgan fingerprint density at radius 1 is 0.636 bits per heavy atom. The lowest BCUT2D eigenvalue weighted by molar-refractivity contribution is -0.130. The predicted molar refractivity (Wildman–Crippen MR) is 284 cm³/mol. The number of rotatable bonds is 14. The molecule has 8 aromatic rings. The van der Waals surface area contributed by atoms with Crippen LogP contribution in [0.4, 0.5) is 20.2 Å². The van der Waals surface area contributed by atoms with Crippen LogP contribution < -0.4 is 23.7 Å². The zero-order valence-electron chi connectivity index (χ0n) is 42.2. The number of benzene rings is 4. The Morgan fingerprint density at radius 2 is 1.09 bits per heavy atom. The minimum absolute atomic E-state index is 0.0465. The largest absolute Gasteiger partial charge is 0.497 e. The highest BCUT2D eigenvalue weighted by Crippen LogP contribution is 2.35. The zero-order chi connectivity index (χ0) is 54.2. The number of hydrogen-bond acceptors (Lipinski definition) is 15. The maximum atomic E-state index is 14.3. The van der Waals surface area contributed by atoms with Crippen molar-refractivity contribution in [3.8, 4) is 40.3 Å². The van der Waals surface area contributed by atoms with Gasteiger partial charge in [-0.05, 0) is 118 Å². The van der Waals surface area contributed by atoms with Gasteiger partial charge in [0, 0.05) is 97.0 Å². The number of ether oxygens (including phenoxy) is 3. The van der Waals surface area contributed by atoms with Gasteiger partial charge >= 0.3 is 0 Å². The molecule has 0 spiro atoms. The number of sulfonamides is 2. The Morgan fingerprint density at radius 3 is 1.55 bits per heavy atom. The van der Waals surface area contributed by atoms with E-state index in [0.717, 1.165) is 73.0 Å². The molecular formula is C52H53ClF2N12O8S2. The molecule has 25 heteroatoms. The number of amides is 1. The highest BCUT2D eigenvalue weighted by Gasteiger charge is 2.33. The summed E-state index contributed by atoms with van der Waals surface area (Å²) in [5, 5.41) is 16.0. The second kappa shape index (κ2) is 21.8. The van der Waals surface area contributed by atoms with E-state index < -0.39 is 41.5 Å². The Balaban J connectivity index is 0.000000175. The standard InChI is InChI=1S/C26H26ClFN6O3S.C26H27FN6O5S/c1-15-23-25(32-31-15)29-24(30-26(23)37-20-10-12-34(13-11-20)19-7-8-19)16-2-5-18(6-3-16)33-38(35,36)22-14-17(27)4-9-21(22)28;1-15-23-25(31-30-15)28-24(29-26(23)38-19-10-12-33(13-11-19)16(2)34)17-4-6-18(7-5-17)32-39(35,36)22-14-20(37-3)8-9-21(22)27/h2-6,9,14,19-20,33H,7-8,10-13H2,1H3,(H,29,30,31,32);4-9,14,19,32H,10-13H2,1-3H3,(H,28,29,30,31). The Labute approximate surface area is 447 Å². The van der Waals surface area contributed by atoms with Crippen LogP contribution in [0.25, 0.3) is 44.8 Å². The van der Waals surface area contributed by atoms with E-state index >= 15 is 0 Å². The molecule has 0 radical (unpaired) electrons. The minimum Gasteiger partial charge on any atom is -0.497 e. The molecule has 0 atom stereocenters. The highest BCUT2D eigenvalue weighted by atomic mass is 35.5. The van der Waals surface area contributed by atoms with Crippen LogP contribution in [0.2, 0.25) is 5.02 Å². The quantitative estimate of drug-likeness (QED) is 0.0795. The molecule has 0 unspecified atom stereocenters. The number of likely N-dealkylation sites (tertiary alicyclic amines) is 2. The summed E-state index contributed by atoms with van der Waals surface area (Å²) in [6.45, 7) is 8.60. The minimum atomic E-state index is -4.21. The first kappa shape index (κ1) is 52.9. The molecule has 1 amide bonds. The van der Waals surface area contributed by atoms with Gasteiger partial charge in [0.1, 0.15) is 50.2 Å². The Hall–Kier alpha value is -7.54. The number of anilines is 2. The number of aryl methyl sites for hydroxylation is 2. The molecule has 20 nitrogen and oxygen atoms in total. The first-order valence-corrected chi connectivity index (χ1v) is 28.1. The van der Waals surface area contributed by atoms with E-state index in [2.05, 4.69) is 49.7 Å². The average Bonchev–Trinajstić information content (AvgIpc) is 4.10. The SMILES string of the molecule is COc1ccc(F)c(S(=O)(=O)Nc2ccc(-c3nc(OC4CCN(C(C)=O)CC4)c4c(C)[nH]nc4n3)cc2)c1.Cc1[nH]nc2nc(-c3ccc(NS(=O)(=O)c4cc(Cl)ccc4F)cc3)nc(OC3CCN(C4CC4)CC3)c12. The summed E-state index contributed by atoms with van der Waals surface area (Å²) in [7, 11) is -7.02. The molecule has 11 rings (SSSR count). The van der Waals surface area contributed by atoms with Crippen LogP contribution in [0, 0.1) is 25.5 Å². The van der Waals surface area contributed by atoms with Gasteiger partial charge in [-0.3, -0.25) is 24.4 Å². The number of aromatic nitrogens is 8. The number of halogens is 3. The van der Waals surface area contributed by atoms with Crippen molar-refractivity contribution in [2.45, 2.75) is 87.3 Å². The van der Waals surface area contributed by atoms with Crippen molar-refractivity contribution in [3.05, 3.63) is 113 Å². The molecule has 77 heavy (non-hydrogen) atoms. The average molecular weight is 1110 g/mol. The van der Waals surface area contributed by atoms with E-state index in [-0.39, 0.29) is 40.3 Å². The second-order valence-corrected chi connectivity index (χ2v) is 22.7. The number of fused-ring (bicyclic) bond motifs is 2. The van der Waals surface area contributed by atoms with Crippen molar-refractivity contribution in [2.75, 3.05) is 42.7 Å². The molecule has 4 aromatic carbocycles. The number of hydrogen-bond donors (Lipinski definition) is 4. The molecular weight excluding hydrogens is 1060 g/mol. The van der Waals surface area contributed by atoms with Crippen LogP contribution in [-0.4, -0.2) is 124 Å². The third-order valence-electron chi connectivity index (χ3n) is 13.5. The van der Waals surface area contributed by atoms with Gasteiger partial charge in [0.25, 0.3) is 20.0 Å². The normalized spacial score (nSPS) is 15.8. The fraction of sp³-hybridized carbons (Fsp3) is 0.327. The first-order chi connectivity index (χ1) is 36.9. The molecule has 4 aromatic heterocycles. The molecule has 2 saturated heterocycles. The molecule has 1 saturated carbocycles. The van der Waals surface area contributed by atoms with Crippen molar-refractivity contribution in [1.82, 2.24) is 50.1 Å². The number of nitrogens with one attached hydrogen (secondary N) is 4. The van der Waals surface area contributed by atoms with Gasteiger partial charge in [0.05, 0.1) is 7.11 Å². The molecule has 3 fully saturated rings. The molecule has 402 valence electrons. The van der Waals surface area contributed by atoms with Gasteiger partial charge in [-0.1, -0.05) is 11.6 Å². The smallest absolute Gasteiger partial charge is 0.264 e. The molecule has 3 aliphatic rings. The van der Waals surface area contributed by atoms with E-state index in [1.165, 1.54) is 44.2 Å². The number of methoxy groups -OCH3 is 1. The monoisotopic (exact) mass is 1110 g/mol. The van der Waals surface area contributed by atoms with E-state index in [9.17, 15) is 30.4 Å². The summed E-state index contributed by atoms with van der Waals surface area (Å²) in [5.74, 6) is 0.114. The van der Waals surface area contributed by atoms with Gasteiger partial charge in [-0.2, -0.15) is 20.2 Å². The van der Waals surface area contributed by atoms with Gasteiger partial charge in [0.15, 0.2) is 22.9 Å². The van der Waals surface area contributed by atoms with E-state index in [1.807, 2.05) is 13.8 Å². The summed E-state index contributed by atoms with van der Waals surface area (Å²) >= 11 is 5.86. The topological polar surface area (TPSA) is 252 Å². The maximum absolute atomic E-state index is 14.3. The molecule has 1 aliphatic carbocycles. The number of carbonyl (C=O) groups is 1. The lowest BCUT2D eigenvalue weighted by Gasteiger charge is -2.32. The third-order valence-corrected chi connectivity index (χ3v) is 16.5. The van der Waals surface area contributed by atoms with Crippen LogP contribution in [0.15, 0.2) is 94.7 Å². The Bertz CT molecular complexity index is 3720. The van der Waals surface area contributed by atoms with Crippen molar-refractivity contribution in [1.29, 1.82) is 0 Å². The predicted octanol–water partition coefficient (Wildman–Crippen LogP) is 8.59. The van der Waals surface area contributed by atoms with Crippen molar-refractivity contribution in [2.24, 2.45) is 0 Å². The van der Waals surface area contributed by atoms with E-state index in [1.54, 1.807) is 48.2 Å². The van der Waals surface area contributed by atoms with Gasteiger partial charge in [-0.25, -0.2) is 35.6 Å². The fourth-order valence-electron chi connectivity index (χ4n) is 9.19. The number of carbonyl (C=O) groups excluding carboxylic acids is 1. The number of nitrogens with zero attached hydrogens (tertiary/aromatic N) is 8. The van der Waals surface area contributed by atoms with Crippen LogP contribution in [0.1, 0.15) is 56.8 Å². The number of H-pyrrole nitrogens is 2. The maximum Gasteiger partial charge on any atom is 0.264 e. The lowest BCUT2D eigenvalue weighted by atomic mass is 10.1. The summed E-state index contributed by atoms with van der Waals surface area (Å²) < 4.78 is 102. The summed E-state index contributed by atoms with van der Waals surface area (Å²) in [4.78, 5) is 33.5. The zero-order valence-corrected chi connectivity index (χ0v) is 44.6. The van der Waals surface area contributed by atoms with Crippen LogP contribution in [0.5, 0.6) is 17.5 Å². The number of piperidine rings is 2. The van der Waals surface area contributed by atoms with E-state index in [4.69, 9.17) is 30.8 Å². The molecule has 4 N–H and O–H groups in total. The van der Waals surface area contributed by atoms with Crippen molar-refractivity contribution in [3.63, 3.8) is 0 Å². The molecule has 0 bridgehead atoms. The third kappa shape index (κ3) is 11.9. The summed E-state index contributed by atoms with van der Waals surface area (Å²) in [5.41, 5.74) is 4.26. The van der Waals surface area contributed by atoms with Gasteiger partial charge < -0.3 is 24.0 Å². The van der Waals surface area contributed by atoms with Crippen molar-refractivity contribution < 1.29 is 44.6 Å². The molecule has 6 heterocycles. The number of aromatic amines is 2. The Kier molecular flexibility index (Phi) is 15.0. The highest BCUT2D eigenvalue weighted by molar-refractivity contribution is 7.93. The van der Waals surface area contributed by atoms with Crippen LogP contribution in [-0.2, 0) is 24.8 Å². The van der Waals surface area contributed by atoms with Crippen molar-refractivity contribution >= 4 is 71.0 Å². The van der Waals surface area contributed by atoms with Gasteiger partial charge in [-0.15, -0.1) is 0 Å². The van der Waals surface area contributed by atoms with Crippen LogP contribution in [0.3, 0.4) is 0 Å². The second-order valence-electron chi connectivity index (χ2n) is 18.9. The first-order valence-electron chi connectivity index (χ1n) is 24.7. The fourth-order valence-corrected chi connectivity index (χ4v) is 11.7. The van der Waals surface area contributed by atoms with Crippen LogP contribution >= 0.6 is 11.6 Å².